The lowest BCUT2D eigenvalue weighted by Crippen LogP contribution is -2.29. The number of nitrogens with zero attached hydrogens (tertiary/aromatic N) is 1. The molecule has 5 nitrogen and oxygen atoms in total. The number of aromatic nitrogens is 1. The van der Waals surface area contributed by atoms with Crippen LogP contribution in [0.1, 0.15) is 16.1 Å². The van der Waals surface area contributed by atoms with E-state index in [0.717, 1.165) is 30.1 Å². The molecule has 0 fully saturated rings. The van der Waals surface area contributed by atoms with Crippen LogP contribution < -0.4 is 15.8 Å². The summed E-state index contributed by atoms with van der Waals surface area (Å²) < 4.78 is 7.11. The van der Waals surface area contributed by atoms with Crippen LogP contribution in [-0.2, 0) is 13.1 Å². The van der Waals surface area contributed by atoms with Crippen molar-refractivity contribution in [3.8, 4) is 16.9 Å². The Morgan fingerprint density at radius 1 is 1.36 bits per heavy atom. The quantitative estimate of drug-likeness (QED) is 0.900. The molecule has 22 heavy (non-hydrogen) atoms. The zero-order valence-corrected chi connectivity index (χ0v) is 13.6. The summed E-state index contributed by atoms with van der Waals surface area (Å²) in [6.07, 6.45) is 0. The van der Waals surface area contributed by atoms with Crippen LogP contribution in [-0.4, -0.2) is 24.1 Å². The number of nitrogens with one attached hydrogen (secondary N) is 1. The molecular weight excluding hydrogens is 325 g/mol. The average Bonchev–Trinajstić information content (AvgIpc) is 2.81. The number of rotatable bonds is 3. The van der Waals surface area contributed by atoms with E-state index in [0.29, 0.717) is 22.8 Å². The largest absolute Gasteiger partial charge is 0.497 e. The summed E-state index contributed by atoms with van der Waals surface area (Å²) in [5, 5.41) is 3.80. The van der Waals surface area contributed by atoms with Crippen molar-refractivity contribution in [1.82, 2.24) is 9.88 Å². The van der Waals surface area contributed by atoms with Gasteiger partial charge in [-0.15, -0.1) is 12.4 Å². The minimum Gasteiger partial charge on any atom is -0.497 e. The first-order valence-corrected chi connectivity index (χ1v) is 7.07. The van der Waals surface area contributed by atoms with E-state index in [1.54, 1.807) is 7.11 Å². The van der Waals surface area contributed by atoms with Gasteiger partial charge >= 0.3 is 0 Å². The zero-order chi connectivity index (χ0) is 15.0. The number of ether oxygens (including phenoxy) is 1. The summed E-state index contributed by atoms with van der Waals surface area (Å²) in [7, 11) is 1.61. The van der Waals surface area contributed by atoms with E-state index in [1.165, 1.54) is 0 Å². The highest BCUT2D eigenvalue weighted by Crippen LogP contribution is 2.37. The van der Waals surface area contributed by atoms with Crippen LogP contribution in [0, 0.1) is 0 Å². The van der Waals surface area contributed by atoms with Crippen molar-refractivity contribution in [3.63, 3.8) is 0 Å². The first kappa shape index (κ1) is 16.7. The second-order valence-corrected chi connectivity index (χ2v) is 5.27. The van der Waals surface area contributed by atoms with Crippen molar-refractivity contribution in [2.45, 2.75) is 13.1 Å². The molecule has 0 unspecified atom stereocenters. The number of benzene rings is 1. The Kier molecular flexibility index (Phi) is 5.01. The predicted molar refractivity (Wildman–Crippen MR) is 88.9 cm³/mol. The van der Waals surface area contributed by atoms with E-state index in [4.69, 9.17) is 22.1 Å². The maximum atomic E-state index is 11.9. The molecule has 0 aliphatic carbocycles. The van der Waals surface area contributed by atoms with Crippen LogP contribution in [0.5, 0.6) is 5.75 Å². The molecule has 1 amide bonds. The Morgan fingerprint density at radius 2 is 2.05 bits per heavy atom. The average molecular weight is 342 g/mol. The zero-order valence-electron chi connectivity index (χ0n) is 12.1. The number of amides is 1. The van der Waals surface area contributed by atoms with E-state index >= 15 is 0 Å². The van der Waals surface area contributed by atoms with Crippen LogP contribution in [0.2, 0.25) is 5.15 Å². The monoisotopic (exact) mass is 341 g/mol. The van der Waals surface area contributed by atoms with Gasteiger partial charge < -0.3 is 20.4 Å². The van der Waals surface area contributed by atoms with Crippen LogP contribution >= 0.6 is 24.0 Å². The van der Waals surface area contributed by atoms with Crippen LogP contribution in [0.15, 0.2) is 24.3 Å². The summed E-state index contributed by atoms with van der Waals surface area (Å²) in [5.41, 5.74) is 8.49. The number of carbonyl (C=O) groups excluding carboxylic acids is 1. The first-order chi connectivity index (χ1) is 10.1. The van der Waals surface area contributed by atoms with Gasteiger partial charge in [-0.25, -0.2) is 0 Å². The van der Waals surface area contributed by atoms with Crippen LogP contribution in [0.4, 0.5) is 0 Å². The van der Waals surface area contributed by atoms with E-state index in [9.17, 15) is 4.79 Å². The highest BCUT2D eigenvalue weighted by molar-refractivity contribution is 6.33. The second-order valence-electron chi connectivity index (χ2n) is 4.91. The van der Waals surface area contributed by atoms with Crippen molar-refractivity contribution in [3.05, 3.63) is 40.7 Å². The van der Waals surface area contributed by atoms with E-state index in [-0.39, 0.29) is 12.4 Å². The van der Waals surface area contributed by atoms with Gasteiger partial charge in [-0.3, -0.25) is 4.79 Å². The minimum absolute atomic E-state index is 0. The van der Waals surface area contributed by atoms with Crippen LogP contribution in [0.3, 0.4) is 0 Å². The third-order valence-corrected chi connectivity index (χ3v) is 4.13. The number of nitrogens with two attached hydrogens (primary N) is 1. The molecule has 3 N–H and O–H groups in total. The Hall–Kier alpha value is -1.69. The molecular formula is C15H17Cl2N3O2. The first-order valence-electron chi connectivity index (χ1n) is 6.69. The van der Waals surface area contributed by atoms with Gasteiger partial charge in [0.05, 0.1) is 12.7 Å². The fraction of sp³-hybridized carbons (Fsp3) is 0.267. The van der Waals surface area contributed by atoms with Gasteiger partial charge in [0.1, 0.15) is 10.9 Å². The van der Waals surface area contributed by atoms with E-state index in [1.807, 2.05) is 28.8 Å². The Balaban J connectivity index is 0.00000176. The molecule has 0 saturated carbocycles. The molecule has 0 atom stereocenters. The molecule has 0 radical (unpaired) electrons. The molecule has 0 saturated heterocycles. The number of hydrogen-bond acceptors (Lipinski definition) is 3. The number of carbonyl (C=O) groups is 1. The van der Waals surface area contributed by atoms with Gasteiger partial charge in [0.15, 0.2) is 0 Å². The Morgan fingerprint density at radius 3 is 2.64 bits per heavy atom. The van der Waals surface area contributed by atoms with Crippen molar-refractivity contribution in [2.24, 2.45) is 5.73 Å². The molecule has 7 heteroatoms. The van der Waals surface area contributed by atoms with Gasteiger partial charge in [0, 0.05) is 30.9 Å². The summed E-state index contributed by atoms with van der Waals surface area (Å²) in [6, 6.07) is 7.44. The third kappa shape index (κ3) is 2.67. The molecule has 0 bridgehead atoms. The number of halogens is 2. The third-order valence-electron chi connectivity index (χ3n) is 3.74. The molecule has 1 aromatic carbocycles. The normalized spacial score (nSPS) is 13.2. The maximum Gasteiger partial charge on any atom is 0.251 e. The van der Waals surface area contributed by atoms with Gasteiger partial charge in [0.25, 0.3) is 5.91 Å². The van der Waals surface area contributed by atoms with Crippen LogP contribution in [0.25, 0.3) is 11.1 Å². The molecule has 2 heterocycles. The standard InChI is InChI=1S/C15H16ClN3O2.ClH/c1-21-10-4-2-9(3-5-10)12-13(15(17)20)11-8-18-6-7-19(11)14(12)16;/h2-5,18H,6-8H2,1H3,(H2,17,20);1H. The van der Waals surface area contributed by atoms with Crippen molar-refractivity contribution >= 4 is 29.9 Å². The minimum atomic E-state index is -0.458. The van der Waals surface area contributed by atoms with E-state index < -0.39 is 5.91 Å². The highest BCUT2D eigenvalue weighted by atomic mass is 35.5. The SMILES string of the molecule is COc1ccc(-c2c(C(N)=O)c3n(c2Cl)CCNC3)cc1.Cl. The van der Waals surface area contributed by atoms with E-state index in [2.05, 4.69) is 5.32 Å². The number of primary amides is 1. The number of methoxy groups -OCH3 is 1. The van der Waals surface area contributed by atoms with Gasteiger partial charge in [0.2, 0.25) is 0 Å². The summed E-state index contributed by atoms with van der Waals surface area (Å²) >= 11 is 6.50. The Bertz CT molecular complexity index is 696. The predicted octanol–water partition coefficient (Wildman–Crippen LogP) is 2.44. The summed E-state index contributed by atoms with van der Waals surface area (Å²) in [5.74, 6) is 0.293. The lowest BCUT2D eigenvalue weighted by molar-refractivity contribution is 0.0999. The van der Waals surface area contributed by atoms with Gasteiger partial charge in [-0.2, -0.15) is 0 Å². The molecule has 1 aliphatic rings. The van der Waals surface area contributed by atoms with Crippen molar-refractivity contribution in [1.29, 1.82) is 0 Å². The lowest BCUT2D eigenvalue weighted by atomic mass is 10.0. The molecule has 0 spiro atoms. The van der Waals surface area contributed by atoms with Crippen molar-refractivity contribution < 1.29 is 9.53 Å². The highest BCUT2D eigenvalue weighted by Gasteiger charge is 2.27. The topological polar surface area (TPSA) is 69.3 Å². The smallest absolute Gasteiger partial charge is 0.251 e. The summed E-state index contributed by atoms with van der Waals surface area (Å²) in [6.45, 7) is 2.14. The number of hydrogen-bond donors (Lipinski definition) is 2. The molecule has 2 aromatic rings. The molecule has 1 aromatic heterocycles. The van der Waals surface area contributed by atoms with Crippen molar-refractivity contribution in [2.75, 3.05) is 13.7 Å². The molecule has 118 valence electrons. The van der Waals surface area contributed by atoms with Gasteiger partial charge in [-0.1, -0.05) is 23.7 Å². The number of fused-ring (bicyclic) bond motifs is 1. The fourth-order valence-electron chi connectivity index (χ4n) is 2.74. The van der Waals surface area contributed by atoms with Gasteiger partial charge in [-0.05, 0) is 17.7 Å². The molecule has 3 rings (SSSR count). The molecule has 1 aliphatic heterocycles. The fourth-order valence-corrected chi connectivity index (χ4v) is 3.13. The lowest BCUT2D eigenvalue weighted by Gasteiger charge is -2.17. The second kappa shape index (κ2) is 6.60. The maximum absolute atomic E-state index is 11.9. The Labute approximate surface area is 139 Å². The summed E-state index contributed by atoms with van der Waals surface area (Å²) in [4.78, 5) is 11.9.